The molecule has 7 nitrogen and oxygen atoms in total. The van der Waals surface area contributed by atoms with Crippen molar-refractivity contribution in [1.29, 1.82) is 0 Å². The van der Waals surface area contributed by atoms with Gasteiger partial charge < -0.3 is 4.52 Å². The van der Waals surface area contributed by atoms with E-state index in [-0.39, 0.29) is 0 Å². The Kier molecular flexibility index (Phi) is 3.55. The molecule has 1 aromatic heterocycles. The van der Waals surface area contributed by atoms with E-state index >= 15 is 0 Å². The molecule has 1 unspecified atom stereocenters. The fourth-order valence-electron chi connectivity index (χ4n) is 4.81. The predicted molar refractivity (Wildman–Crippen MR) is 83.8 cm³/mol. The summed E-state index contributed by atoms with van der Waals surface area (Å²) in [5, 5.41) is 4.05. The van der Waals surface area contributed by atoms with E-state index in [1.165, 1.54) is 42.0 Å². The van der Waals surface area contributed by atoms with Crippen LogP contribution in [0.25, 0.3) is 0 Å². The molecule has 3 aliphatic rings. The normalized spacial score (nSPS) is 35.3. The second-order valence-electron chi connectivity index (χ2n) is 7.42. The fourth-order valence-corrected chi connectivity index (χ4v) is 5.69. The van der Waals surface area contributed by atoms with Crippen molar-refractivity contribution in [2.24, 2.45) is 23.7 Å². The molecule has 8 heteroatoms. The van der Waals surface area contributed by atoms with Gasteiger partial charge >= 0.3 is 0 Å². The fraction of sp³-hybridized carbons (Fsp3) is 0.867. The molecule has 0 amide bonds. The summed E-state index contributed by atoms with van der Waals surface area (Å²) in [5.74, 6) is 5.18. The van der Waals surface area contributed by atoms with Gasteiger partial charge in [-0.1, -0.05) is 5.16 Å². The molecule has 0 aliphatic heterocycles. The molecular formula is C15H24N4O3S. The zero-order chi connectivity index (χ0) is 16.4. The number of hydrogen-bond acceptors (Lipinski definition) is 5. The first-order valence-electron chi connectivity index (χ1n) is 8.36. The number of fused-ring (bicyclic) bond motifs is 5. The van der Waals surface area contributed by atoms with Gasteiger partial charge in [-0.15, -0.1) is 0 Å². The molecule has 0 N–H and O–H groups in total. The summed E-state index contributed by atoms with van der Waals surface area (Å²) in [6.45, 7) is 0.349. The molecular weight excluding hydrogens is 316 g/mol. The first-order valence-corrected chi connectivity index (χ1v) is 9.75. The van der Waals surface area contributed by atoms with Crippen molar-refractivity contribution in [2.45, 2.75) is 31.6 Å². The highest BCUT2D eigenvalue weighted by Gasteiger charge is 2.67. The minimum Gasteiger partial charge on any atom is -0.339 e. The summed E-state index contributed by atoms with van der Waals surface area (Å²) < 4.78 is 31.9. The third-order valence-corrected chi connectivity index (χ3v) is 7.90. The number of hydrogen-bond donors (Lipinski definition) is 0. The van der Waals surface area contributed by atoms with E-state index in [0.717, 1.165) is 29.6 Å². The van der Waals surface area contributed by atoms with Crippen molar-refractivity contribution in [3.8, 4) is 0 Å². The molecule has 0 spiro atoms. The summed E-state index contributed by atoms with van der Waals surface area (Å²) in [6.07, 6.45) is 4.62. The van der Waals surface area contributed by atoms with Crippen molar-refractivity contribution in [3.63, 3.8) is 0 Å². The topological polar surface area (TPSA) is 79.5 Å². The summed E-state index contributed by atoms with van der Waals surface area (Å²) in [7, 11) is 1.24. The first kappa shape index (κ1) is 15.5. The molecule has 23 heavy (non-hydrogen) atoms. The number of aromatic nitrogens is 2. The number of nitrogens with zero attached hydrogens (tertiary/aromatic N) is 4. The SMILES string of the molecule is CN(C)S(=O)(=O)N(C)CCc1noc(C2[C@@H]3[C@H]4CC[C@H](C4)[C@H]23)n1. The Balaban J connectivity index is 1.37. The molecule has 2 bridgehead atoms. The third kappa shape index (κ3) is 2.42. The van der Waals surface area contributed by atoms with E-state index < -0.39 is 10.2 Å². The van der Waals surface area contributed by atoms with E-state index in [1.54, 1.807) is 7.05 Å². The van der Waals surface area contributed by atoms with Crippen LogP contribution in [-0.2, 0) is 16.6 Å². The molecule has 3 fully saturated rings. The molecule has 128 valence electrons. The molecule has 0 saturated heterocycles. The van der Waals surface area contributed by atoms with Crippen LogP contribution in [0.2, 0.25) is 0 Å². The quantitative estimate of drug-likeness (QED) is 0.775. The van der Waals surface area contributed by atoms with Crippen LogP contribution >= 0.6 is 0 Å². The van der Waals surface area contributed by atoms with Gasteiger partial charge in [0, 0.05) is 40.0 Å². The molecule has 4 rings (SSSR count). The minimum atomic E-state index is -3.38. The van der Waals surface area contributed by atoms with Crippen molar-refractivity contribution >= 4 is 10.2 Å². The van der Waals surface area contributed by atoms with Crippen molar-refractivity contribution in [2.75, 3.05) is 27.7 Å². The number of rotatable bonds is 6. The summed E-state index contributed by atoms with van der Waals surface area (Å²) in [5.41, 5.74) is 0. The summed E-state index contributed by atoms with van der Waals surface area (Å²) in [6, 6.07) is 0. The van der Waals surface area contributed by atoms with Crippen LogP contribution in [0.3, 0.4) is 0 Å². The second-order valence-corrected chi connectivity index (χ2v) is 9.67. The molecule has 0 radical (unpaired) electrons. The van der Waals surface area contributed by atoms with Crippen molar-refractivity contribution < 1.29 is 12.9 Å². The second kappa shape index (κ2) is 5.26. The van der Waals surface area contributed by atoms with Crippen LogP contribution in [0.4, 0.5) is 0 Å². The lowest BCUT2D eigenvalue weighted by atomic mass is 10.0. The van der Waals surface area contributed by atoms with Gasteiger partial charge in [0.25, 0.3) is 10.2 Å². The monoisotopic (exact) mass is 340 g/mol. The summed E-state index contributed by atoms with van der Waals surface area (Å²) >= 11 is 0. The van der Waals surface area contributed by atoms with E-state index in [9.17, 15) is 8.42 Å². The van der Waals surface area contributed by atoms with Crippen LogP contribution in [0.5, 0.6) is 0 Å². The maximum Gasteiger partial charge on any atom is 0.281 e. The molecule has 0 aromatic carbocycles. The zero-order valence-corrected chi connectivity index (χ0v) is 14.7. The van der Waals surface area contributed by atoms with Crippen molar-refractivity contribution in [3.05, 3.63) is 11.7 Å². The molecule has 1 heterocycles. The Hall–Kier alpha value is -0.990. The Morgan fingerprint density at radius 1 is 1.17 bits per heavy atom. The van der Waals surface area contributed by atoms with Gasteiger partial charge in [0.2, 0.25) is 5.89 Å². The lowest BCUT2D eigenvalue weighted by molar-refractivity contribution is 0.350. The maximum atomic E-state index is 12.0. The largest absolute Gasteiger partial charge is 0.339 e. The minimum absolute atomic E-state index is 0.349. The standard InChI is InChI=1S/C15H24N4O3S/c1-18(2)23(20,21)19(3)7-6-11-16-15(22-17-11)14-12-9-4-5-10(8-9)13(12)14/h9-10,12-14H,4-8H2,1-3H3/t9-,10+,12+,13-,14?. The molecule has 3 aliphatic carbocycles. The zero-order valence-electron chi connectivity index (χ0n) is 13.8. The first-order chi connectivity index (χ1) is 10.9. The van der Waals surface area contributed by atoms with Gasteiger partial charge in [-0.25, -0.2) is 0 Å². The lowest BCUT2D eigenvalue weighted by Crippen LogP contribution is -2.38. The Morgan fingerprint density at radius 3 is 2.43 bits per heavy atom. The van der Waals surface area contributed by atoms with Gasteiger partial charge in [0.1, 0.15) is 0 Å². The summed E-state index contributed by atoms with van der Waals surface area (Å²) in [4.78, 5) is 4.54. The van der Waals surface area contributed by atoms with Gasteiger partial charge in [-0.05, 0) is 42.9 Å². The van der Waals surface area contributed by atoms with Crippen LogP contribution < -0.4 is 0 Å². The van der Waals surface area contributed by atoms with Crippen molar-refractivity contribution in [1.82, 2.24) is 18.8 Å². The average Bonchev–Trinajstić information content (AvgIpc) is 2.89. The molecule has 1 aromatic rings. The van der Waals surface area contributed by atoms with Crippen LogP contribution in [-0.4, -0.2) is 54.9 Å². The highest BCUT2D eigenvalue weighted by molar-refractivity contribution is 7.86. The highest BCUT2D eigenvalue weighted by Crippen LogP contribution is 2.72. The van der Waals surface area contributed by atoms with Crippen LogP contribution in [0, 0.1) is 23.7 Å². The Morgan fingerprint density at radius 2 is 1.83 bits per heavy atom. The molecule has 3 saturated carbocycles. The van der Waals surface area contributed by atoms with Gasteiger partial charge in [-0.2, -0.15) is 22.0 Å². The van der Waals surface area contributed by atoms with E-state index in [1.807, 2.05) is 0 Å². The van der Waals surface area contributed by atoms with Gasteiger partial charge in [-0.3, -0.25) is 0 Å². The van der Waals surface area contributed by atoms with E-state index in [0.29, 0.717) is 24.7 Å². The third-order valence-electron chi connectivity index (χ3n) is 6.01. The van der Waals surface area contributed by atoms with E-state index in [4.69, 9.17) is 4.52 Å². The Bertz CT molecular complexity index is 685. The van der Waals surface area contributed by atoms with Gasteiger partial charge in [0.15, 0.2) is 5.82 Å². The van der Waals surface area contributed by atoms with Crippen LogP contribution in [0.15, 0.2) is 4.52 Å². The Labute approximate surface area is 137 Å². The van der Waals surface area contributed by atoms with Crippen LogP contribution in [0.1, 0.15) is 36.9 Å². The highest BCUT2D eigenvalue weighted by atomic mass is 32.2. The van der Waals surface area contributed by atoms with Gasteiger partial charge in [0.05, 0.1) is 0 Å². The molecule has 5 atom stereocenters. The maximum absolute atomic E-state index is 12.0. The number of likely N-dealkylation sites (N-methyl/N-ethyl adjacent to an activating group) is 1. The lowest BCUT2D eigenvalue weighted by Gasteiger charge is -2.20. The van der Waals surface area contributed by atoms with E-state index in [2.05, 4.69) is 10.1 Å². The average molecular weight is 340 g/mol. The predicted octanol–water partition coefficient (Wildman–Crippen LogP) is 1.11. The smallest absolute Gasteiger partial charge is 0.281 e.